The summed E-state index contributed by atoms with van der Waals surface area (Å²) in [5.74, 6) is -1.50. The molecule has 1 aliphatic heterocycles. The molecule has 0 bridgehead atoms. The van der Waals surface area contributed by atoms with Crippen LogP contribution in [0.2, 0.25) is 0 Å². The number of aliphatic carboxylic acids is 1. The molecule has 2 aromatic carbocycles. The van der Waals surface area contributed by atoms with Gasteiger partial charge in [-0.25, -0.2) is 9.59 Å². The molecule has 1 heterocycles. The van der Waals surface area contributed by atoms with Crippen molar-refractivity contribution >= 4 is 18.0 Å². The van der Waals surface area contributed by atoms with Crippen LogP contribution >= 0.6 is 0 Å². The maximum absolute atomic E-state index is 12.7. The third-order valence-electron chi connectivity index (χ3n) is 6.68. The molecular formula is C26H30N2O5. The van der Waals surface area contributed by atoms with Crippen LogP contribution < -0.4 is 5.32 Å². The van der Waals surface area contributed by atoms with E-state index in [1.165, 1.54) is 16.0 Å². The van der Waals surface area contributed by atoms with Crippen molar-refractivity contribution in [2.75, 3.05) is 19.7 Å². The van der Waals surface area contributed by atoms with Crippen LogP contribution in [0.3, 0.4) is 0 Å². The molecule has 2 N–H and O–H groups in total. The van der Waals surface area contributed by atoms with E-state index in [4.69, 9.17) is 4.74 Å². The first-order chi connectivity index (χ1) is 16.0. The molecule has 0 spiro atoms. The molecule has 1 saturated heterocycles. The van der Waals surface area contributed by atoms with Crippen molar-refractivity contribution in [3.05, 3.63) is 59.7 Å². The zero-order valence-corrected chi connectivity index (χ0v) is 18.8. The highest BCUT2D eigenvalue weighted by Gasteiger charge is 2.34. The second kappa shape index (κ2) is 10.1. The summed E-state index contributed by atoms with van der Waals surface area (Å²) in [6.45, 7) is 2.77. The van der Waals surface area contributed by atoms with Gasteiger partial charge in [0.25, 0.3) is 0 Å². The van der Waals surface area contributed by atoms with Crippen molar-refractivity contribution in [3.63, 3.8) is 0 Å². The van der Waals surface area contributed by atoms with Gasteiger partial charge in [-0.15, -0.1) is 0 Å². The predicted octanol–water partition coefficient (Wildman–Crippen LogP) is 4.02. The summed E-state index contributed by atoms with van der Waals surface area (Å²) in [5.41, 5.74) is 4.65. The number of hydrogen-bond donors (Lipinski definition) is 2. The molecule has 174 valence electrons. The van der Waals surface area contributed by atoms with Crippen molar-refractivity contribution < 1.29 is 24.2 Å². The van der Waals surface area contributed by atoms with E-state index in [0.717, 1.165) is 24.0 Å². The number of benzene rings is 2. The summed E-state index contributed by atoms with van der Waals surface area (Å²) in [4.78, 5) is 38.0. The molecule has 2 atom stereocenters. The van der Waals surface area contributed by atoms with Gasteiger partial charge in [-0.1, -0.05) is 55.5 Å². The van der Waals surface area contributed by atoms with E-state index in [9.17, 15) is 19.5 Å². The molecule has 2 amide bonds. The van der Waals surface area contributed by atoms with Crippen LogP contribution in [0, 0.1) is 5.92 Å². The largest absolute Gasteiger partial charge is 0.480 e. The Morgan fingerprint density at radius 2 is 1.70 bits per heavy atom. The maximum Gasteiger partial charge on any atom is 0.407 e. The number of rotatable bonds is 7. The topological polar surface area (TPSA) is 95.9 Å². The van der Waals surface area contributed by atoms with Gasteiger partial charge < -0.3 is 20.1 Å². The number of carbonyl (C=O) groups is 3. The smallest absolute Gasteiger partial charge is 0.407 e. The number of ether oxygens (including phenoxy) is 1. The number of piperidine rings is 1. The number of nitrogens with zero attached hydrogens (tertiary/aromatic N) is 1. The van der Waals surface area contributed by atoms with Crippen molar-refractivity contribution in [3.8, 4) is 11.1 Å². The number of carboxylic acid groups (broad SMARTS) is 1. The molecule has 2 aliphatic rings. The minimum Gasteiger partial charge on any atom is -0.480 e. The van der Waals surface area contributed by atoms with E-state index in [0.29, 0.717) is 19.4 Å². The van der Waals surface area contributed by atoms with Gasteiger partial charge in [-0.2, -0.15) is 0 Å². The number of likely N-dealkylation sites (tertiary alicyclic amines) is 1. The first-order valence-electron chi connectivity index (χ1n) is 11.6. The fourth-order valence-electron chi connectivity index (χ4n) is 4.90. The van der Waals surface area contributed by atoms with E-state index >= 15 is 0 Å². The average Bonchev–Trinajstić information content (AvgIpc) is 3.16. The fourth-order valence-corrected chi connectivity index (χ4v) is 4.90. The van der Waals surface area contributed by atoms with E-state index in [1.807, 2.05) is 24.3 Å². The molecule has 2 aromatic rings. The molecular weight excluding hydrogens is 420 g/mol. The Morgan fingerprint density at radius 3 is 2.33 bits per heavy atom. The van der Waals surface area contributed by atoms with Gasteiger partial charge in [0, 0.05) is 24.9 Å². The van der Waals surface area contributed by atoms with Crippen LogP contribution in [0.15, 0.2) is 48.5 Å². The first-order valence-corrected chi connectivity index (χ1v) is 11.6. The molecule has 0 aromatic heterocycles. The van der Waals surface area contributed by atoms with Gasteiger partial charge in [0.05, 0.1) is 0 Å². The predicted molar refractivity (Wildman–Crippen MR) is 124 cm³/mol. The lowest BCUT2D eigenvalue weighted by molar-refractivity contribution is -0.153. The second-order valence-corrected chi connectivity index (χ2v) is 8.82. The highest BCUT2D eigenvalue weighted by atomic mass is 16.5. The highest BCUT2D eigenvalue weighted by Crippen LogP contribution is 2.44. The van der Waals surface area contributed by atoms with Crippen LogP contribution in [0.5, 0.6) is 0 Å². The van der Waals surface area contributed by atoms with Crippen molar-refractivity contribution in [1.82, 2.24) is 10.2 Å². The molecule has 1 aliphatic carbocycles. The Labute approximate surface area is 193 Å². The van der Waals surface area contributed by atoms with Gasteiger partial charge in [-0.3, -0.25) is 4.79 Å². The Bertz CT molecular complexity index is 991. The molecule has 0 saturated carbocycles. The quantitative estimate of drug-likeness (QED) is 0.664. The third-order valence-corrected chi connectivity index (χ3v) is 6.68. The van der Waals surface area contributed by atoms with Gasteiger partial charge >= 0.3 is 12.1 Å². The highest BCUT2D eigenvalue weighted by molar-refractivity contribution is 5.85. The summed E-state index contributed by atoms with van der Waals surface area (Å²) < 4.78 is 5.52. The average molecular weight is 451 g/mol. The Morgan fingerprint density at radius 1 is 1.06 bits per heavy atom. The summed E-state index contributed by atoms with van der Waals surface area (Å²) in [5, 5.41) is 12.1. The number of carbonyl (C=O) groups excluding carboxylic acids is 2. The Hall–Kier alpha value is -3.35. The molecule has 33 heavy (non-hydrogen) atoms. The lowest BCUT2D eigenvalue weighted by atomic mass is 9.98. The van der Waals surface area contributed by atoms with Crippen LogP contribution in [-0.4, -0.2) is 53.7 Å². The summed E-state index contributed by atoms with van der Waals surface area (Å²) in [6, 6.07) is 15.6. The monoisotopic (exact) mass is 450 g/mol. The standard InChI is InChI=1S/C26H30N2O5/c1-17(24(29)28-15-7-6-12-23(28)25(30)31)13-14-27-26(32)33-16-22-20-10-4-2-8-18(20)19-9-3-5-11-21(19)22/h2-5,8-11,17,22-23H,6-7,12-16H2,1H3,(H,27,32)(H,30,31). The SMILES string of the molecule is CC(CCNC(=O)OCC1c2ccccc2-c2ccccc21)C(=O)N1CCCCC1C(=O)O. The van der Waals surface area contributed by atoms with Crippen molar-refractivity contribution in [1.29, 1.82) is 0 Å². The number of hydrogen-bond acceptors (Lipinski definition) is 4. The van der Waals surface area contributed by atoms with Gasteiger partial charge in [0.15, 0.2) is 0 Å². The first kappa shape index (κ1) is 22.8. The van der Waals surface area contributed by atoms with Gasteiger partial charge in [0.2, 0.25) is 5.91 Å². The zero-order chi connectivity index (χ0) is 23.4. The van der Waals surface area contributed by atoms with E-state index in [2.05, 4.69) is 29.6 Å². The second-order valence-electron chi connectivity index (χ2n) is 8.82. The lowest BCUT2D eigenvalue weighted by Crippen LogP contribution is -2.50. The summed E-state index contributed by atoms with van der Waals surface area (Å²) >= 11 is 0. The fraction of sp³-hybridized carbons (Fsp3) is 0.423. The number of carboxylic acids is 1. The van der Waals surface area contributed by atoms with Crippen LogP contribution in [0.25, 0.3) is 11.1 Å². The molecule has 0 radical (unpaired) electrons. The third kappa shape index (κ3) is 4.87. The molecule has 7 heteroatoms. The maximum atomic E-state index is 12.7. The normalized spacial score (nSPS) is 18.2. The Balaban J connectivity index is 1.26. The van der Waals surface area contributed by atoms with E-state index in [1.54, 1.807) is 6.92 Å². The molecule has 2 unspecified atom stereocenters. The summed E-state index contributed by atoms with van der Waals surface area (Å²) in [7, 11) is 0. The van der Waals surface area contributed by atoms with Crippen LogP contribution in [0.1, 0.15) is 49.7 Å². The van der Waals surface area contributed by atoms with E-state index in [-0.39, 0.29) is 30.9 Å². The molecule has 7 nitrogen and oxygen atoms in total. The lowest BCUT2D eigenvalue weighted by Gasteiger charge is -2.34. The minimum atomic E-state index is -0.952. The number of alkyl carbamates (subject to hydrolysis) is 1. The number of nitrogens with one attached hydrogen (secondary N) is 1. The van der Waals surface area contributed by atoms with Crippen LogP contribution in [0.4, 0.5) is 4.79 Å². The van der Waals surface area contributed by atoms with Gasteiger partial charge in [-0.05, 0) is 47.9 Å². The summed E-state index contributed by atoms with van der Waals surface area (Å²) in [6.07, 6.45) is 2.04. The zero-order valence-electron chi connectivity index (χ0n) is 18.8. The van der Waals surface area contributed by atoms with Crippen LogP contribution in [-0.2, 0) is 14.3 Å². The van der Waals surface area contributed by atoms with E-state index < -0.39 is 18.1 Å². The number of fused-ring (bicyclic) bond motifs is 3. The molecule has 1 fully saturated rings. The number of amides is 2. The van der Waals surface area contributed by atoms with Crippen molar-refractivity contribution in [2.45, 2.75) is 44.6 Å². The Kier molecular flexibility index (Phi) is 6.96. The van der Waals surface area contributed by atoms with Gasteiger partial charge in [0.1, 0.15) is 12.6 Å². The van der Waals surface area contributed by atoms with Crippen molar-refractivity contribution in [2.24, 2.45) is 5.92 Å². The molecule has 4 rings (SSSR count). The minimum absolute atomic E-state index is 0.00398.